The fourth-order valence-electron chi connectivity index (χ4n) is 4.34. The molecule has 1 aliphatic rings. The van der Waals surface area contributed by atoms with Crippen molar-refractivity contribution in [2.45, 2.75) is 58.3 Å². The van der Waals surface area contributed by atoms with E-state index in [0.717, 1.165) is 35.0 Å². The van der Waals surface area contributed by atoms with Gasteiger partial charge >= 0.3 is 7.12 Å². The lowest BCUT2D eigenvalue weighted by atomic mass is 9.79. The molecule has 1 atom stereocenters. The van der Waals surface area contributed by atoms with E-state index in [1.165, 1.54) is 0 Å². The van der Waals surface area contributed by atoms with Crippen LogP contribution in [0.25, 0.3) is 16.7 Å². The average Bonchev–Trinajstić information content (AvgIpc) is 3.20. The van der Waals surface area contributed by atoms with Crippen LogP contribution in [0.4, 0.5) is 0 Å². The van der Waals surface area contributed by atoms with E-state index in [9.17, 15) is 4.79 Å². The maximum atomic E-state index is 12.0. The Morgan fingerprint density at radius 3 is 2.39 bits per heavy atom. The molecule has 0 bridgehead atoms. The first kappa shape index (κ1) is 24.0. The molecule has 2 aromatic carbocycles. The third kappa shape index (κ3) is 4.01. The van der Waals surface area contributed by atoms with Crippen molar-refractivity contribution in [3.05, 3.63) is 52.8 Å². The number of benzene rings is 2. The number of carbonyl (C=O) groups excluding carboxylic acids is 1. The van der Waals surface area contributed by atoms with E-state index >= 15 is 0 Å². The van der Waals surface area contributed by atoms with Crippen molar-refractivity contribution in [2.75, 3.05) is 14.1 Å². The summed E-state index contributed by atoms with van der Waals surface area (Å²) in [6.45, 7) is 10.3. The molecule has 8 heteroatoms. The van der Waals surface area contributed by atoms with Crippen molar-refractivity contribution in [1.82, 2.24) is 14.5 Å². The van der Waals surface area contributed by atoms with Crippen LogP contribution in [0.3, 0.4) is 0 Å². The van der Waals surface area contributed by atoms with Gasteiger partial charge in [0.15, 0.2) is 6.29 Å². The Bertz CT molecular complexity index is 1190. The van der Waals surface area contributed by atoms with Crippen LogP contribution < -0.4 is 5.46 Å². The molecule has 0 amide bonds. The average molecular weight is 468 g/mol. The molecule has 2 heterocycles. The number of rotatable bonds is 6. The number of halogens is 1. The summed E-state index contributed by atoms with van der Waals surface area (Å²) in [7, 11) is 3.56. The number of imidazole rings is 1. The predicted octanol–water partition coefficient (Wildman–Crippen LogP) is 4.80. The van der Waals surface area contributed by atoms with Crippen LogP contribution in [0, 0.1) is 0 Å². The summed E-state index contributed by atoms with van der Waals surface area (Å²) in [6, 6.07) is 11.4. The highest BCUT2D eigenvalue weighted by Crippen LogP contribution is 2.37. The van der Waals surface area contributed by atoms with E-state index in [4.69, 9.17) is 25.9 Å². The second-order valence-electron chi connectivity index (χ2n) is 9.82. The minimum absolute atomic E-state index is 0.0356. The molecule has 0 spiro atoms. The Morgan fingerprint density at radius 2 is 1.82 bits per heavy atom. The first-order valence-electron chi connectivity index (χ1n) is 11.3. The van der Waals surface area contributed by atoms with Gasteiger partial charge in [-0.05, 0) is 77.9 Å². The molecule has 0 saturated carbocycles. The number of fused-ring (bicyclic) bond motifs is 1. The molecule has 4 rings (SSSR count). The first-order chi connectivity index (χ1) is 15.5. The van der Waals surface area contributed by atoms with E-state index in [1.807, 2.05) is 64.6 Å². The van der Waals surface area contributed by atoms with Gasteiger partial charge in [-0.2, -0.15) is 0 Å². The highest BCUT2D eigenvalue weighted by Gasteiger charge is 2.51. The number of aldehydes is 1. The van der Waals surface area contributed by atoms with Gasteiger partial charge in [0.2, 0.25) is 0 Å². The number of carbonyl (C=O) groups is 1. The third-order valence-electron chi connectivity index (χ3n) is 6.91. The van der Waals surface area contributed by atoms with Crippen LogP contribution in [0.1, 0.15) is 63.3 Å². The molecular formula is C25H31BClN3O3. The zero-order chi connectivity index (χ0) is 24.1. The van der Waals surface area contributed by atoms with Crippen molar-refractivity contribution in [1.29, 1.82) is 0 Å². The lowest BCUT2D eigenvalue weighted by Crippen LogP contribution is -2.41. The maximum absolute atomic E-state index is 12.0. The number of aromatic nitrogens is 2. The van der Waals surface area contributed by atoms with Gasteiger partial charge < -0.3 is 9.31 Å². The summed E-state index contributed by atoms with van der Waals surface area (Å²) in [5.74, 6) is 0.833. The quantitative estimate of drug-likeness (QED) is 0.385. The highest BCUT2D eigenvalue weighted by molar-refractivity contribution is 6.62. The van der Waals surface area contributed by atoms with Crippen LogP contribution >= 0.6 is 11.6 Å². The second kappa shape index (κ2) is 8.55. The summed E-state index contributed by atoms with van der Waals surface area (Å²) >= 11 is 6.67. The van der Waals surface area contributed by atoms with Crippen molar-refractivity contribution in [3.63, 3.8) is 0 Å². The van der Waals surface area contributed by atoms with E-state index in [2.05, 4.69) is 11.8 Å². The van der Waals surface area contributed by atoms with Crippen molar-refractivity contribution in [3.8, 4) is 5.69 Å². The van der Waals surface area contributed by atoms with Gasteiger partial charge in [0.1, 0.15) is 5.82 Å². The Morgan fingerprint density at radius 1 is 1.15 bits per heavy atom. The SMILES string of the molecule is CCC(c1nc2ccc(B3OC(C)(C)C(C)(C)O3)cc2n1-c1c(Cl)cccc1C=O)N(C)C. The molecule has 174 valence electrons. The molecule has 1 aliphatic heterocycles. The Hall–Kier alpha value is -2.19. The molecule has 1 fully saturated rings. The fourth-order valence-corrected chi connectivity index (χ4v) is 4.60. The lowest BCUT2D eigenvalue weighted by Gasteiger charge is -2.32. The van der Waals surface area contributed by atoms with Gasteiger partial charge in [0.05, 0.1) is 39.0 Å². The smallest absolute Gasteiger partial charge is 0.399 e. The monoisotopic (exact) mass is 467 g/mol. The van der Waals surface area contributed by atoms with Gasteiger partial charge in [-0.15, -0.1) is 0 Å². The van der Waals surface area contributed by atoms with Gasteiger partial charge in [-0.1, -0.05) is 30.7 Å². The summed E-state index contributed by atoms with van der Waals surface area (Å²) in [5.41, 5.74) is 2.84. The van der Waals surface area contributed by atoms with Crippen LogP contribution in [-0.2, 0) is 9.31 Å². The zero-order valence-corrected chi connectivity index (χ0v) is 21.1. The predicted molar refractivity (Wildman–Crippen MR) is 134 cm³/mol. The molecule has 0 radical (unpaired) electrons. The maximum Gasteiger partial charge on any atom is 0.494 e. The molecule has 1 aromatic heterocycles. The Labute approximate surface area is 201 Å². The molecule has 0 aliphatic carbocycles. The van der Waals surface area contributed by atoms with Crippen LogP contribution in [0.5, 0.6) is 0 Å². The molecule has 33 heavy (non-hydrogen) atoms. The van der Waals surface area contributed by atoms with E-state index < -0.39 is 18.3 Å². The number of para-hydroxylation sites is 1. The van der Waals surface area contributed by atoms with Crippen LogP contribution in [0.15, 0.2) is 36.4 Å². The van der Waals surface area contributed by atoms with Gasteiger partial charge in [-0.3, -0.25) is 14.3 Å². The standard InChI is InChI=1S/C25H31BClN3O3/c1-8-20(29(6)7)23-28-19-13-12-17(26-32-24(2,3)25(4,5)33-26)14-21(19)30(23)22-16(15-31)10-9-11-18(22)27/h9-15,20H,8H2,1-7H3. The largest absolute Gasteiger partial charge is 0.494 e. The van der Waals surface area contributed by atoms with Crippen molar-refractivity contribution in [2.24, 2.45) is 0 Å². The first-order valence-corrected chi connectivity index (χ1v) is 11.7. The number of hydrogen-bond donors (Lipinski definition) is 0. The topological polar surface area (TPSA) is 56.6 Å². The summed E-state index contributed by atoms with van der Waals surface area (Å²) in [6.07, 6.45) is 1.69. The summed E-state index contributed by atoms with van der Waals surface area (Å²) in [5, 5.41) is 0.495. The molecular weight excluding hydrogens is 437 g/mol. The van der Waals surface area contributed by atoms with Gasteiger partial charge in [0, 0.05) is 5.56 Å². The molecule has 1 unspecified atom stereocenters. The highest BCUT2D eigenvalue weighted by atomic mass is 35.5. The van der Waals surface area contributed by atoms with Gasteiger partial charge in [0.25, 0.3) is 0 Å². The van der Waals surface area contributed by atoms with E-state index in [-0.39, 0.29) is 6.04 Å². The summed E-state index contributed by atoms with van der Waals surface area (Å²) in [4.78, 5) is 19.1. The van der Waals surface area contributed by atoms with Crippen LogP contribution in [0.2, 0.25) is 5.02 Å². The zero-order valence-electron chi connectivity index (χ0n) is 20.3. The van der Waals surface area contributed by atoms with Crippen molar-refractivity contribution < 1.29 is 14.1 Å². The Kier molecular flexibility index (Phi) is 6.21. The molecule has 1 saturated heterocycles. The lowest BCUT2D eigenvalue weighted by molar-refractivity contribution is 0.00578. The molecule has 0 N–H and O–H groups in total. The van der Waals surface area contributed by atoms with E-state index in [1.54, 1.807) is 18.2 Å². The van der Waals surface area contributed by atoms with Gasteiger partial charge in [-0.25, -0.2) is 4.98 Å². The number of hydrogen-bond acceptors (Lipinski definition) is 5. The summed E-state index contributed by atoms with van der Waals surface area (Å²) < 4.78 is 14.6. The number of nitrogens with zero attached hydrogens (tertiary/aromatic N) is 3. The minimum atomic E-state index is -0.501. The minimum Gasteiger partial charge on any atom is -0.399 e. The second-order valence-corrected chi connectivity index (χ2v) is 10.2. The third-order valence-corrected chi connectivity index (χ3v) is 7.21. The van der Waals surface area contributed by atoms with Crippen LogP contribution in [-0.4, -0.2) is 53.2 Å². The normalized spacial score (nSPS) is 18.3. The molecule has 6 nitrogen and oxygen atoms in total. The van der Waals surface area contributed by atoms with Crippen molar-refractivity contribution >= 4 is 41.5 Å². The fraction of sp³-hybridized carbons (Fsp3) is 0.440. The Balaban J connectivity index is 1.98. The van der Waals surface area contributed by atoms with E-state index in [0.29, 0.717) is 16.3 Å². The molecule has 3 aromatic rings.